The van der Waals surface area contributed by atoms with Crippen LogP contribution in [0.15, 0.2) is 18.2 Å². The Labute approximate surface area is 108 Å². The Morgan fingerprint density at radius 3 is 2.89 bits per heavy atom. The summed E-state index contributed by atoms with van der Waals surface area (Å²) in [7, 11) is 1.60. The van der Waals surface area contributed by atoms with Crippen molar-refractivity contribution in [3.8, 4) is 5.75 Å². The van der Waals surface area contributed by atoms with E-state index in [1.54, 1.807) is 19.2 Å². The molecule has 18 heavy (non-hydrogen) atoms. The van der Waals surface area contributed by atoms with Gasteiger partial charge in [-0.15, -0.1) is 0 Å². The lowest BCUT2D eigenvalue weighted by Crippen LogP contribution is -2.38. The molecule has 0 aliphatic heterocycles. The van der Waals surface area contributed by atoms with Gasteiger partial charge in [-0.3, -0.25) is 4.79 Å². The molecule has 98 valence electrons. The summed E-state index contributed by atoms with van der Waals surface area (Å²) in [5.74, 6) is 1.23. The number of carbonyl (C=O) groups excluding carboxylic acids is 1. The van der Waals surface area contributed by atoms with Gasteiger partial charge < -0.3 is 15.8 Å². The van der Waals surface area contributed by atoms with Gasteiger partial charge in [0.25, 0.3) is 5.91 Å². The van der Waals surface area contributed by atoms with Crippen molar-refractivity contribution in [1.29, 1.82) is 0 Å². The second-order valence-electron chi connectivity index (χ2n) is 4.90. The summed E-state index contributed by atoms with van der Waals surface area (Å²) in [6, 6.07) is 5.53. The van der Waals surface area contributed by atoms with Gasteiger partial charge in [0.2, 0.25) is 0 Å². The minimum absolute atomic E-state index is 0.0845. The Hall–Kier alpha value is -1.55. The fraction of sp³-hybridized carbons (Fsp3) is 0.500. The Bertz CT molecular complexity index is 441. The summed E-state index contributed by atoms with van der Waals surface area (Å²) in [6.45, 7) is 2.49. The zero-order chi connectivity index (χ0) is 13.1. The molecule has 1 aromatic carbocycles. The van der Waals surface area contributed by atoms with Crippen LogP contribution in [0.5, 0.6) is 5.75 Å². The molecule has 1 unspecified atom stereocenters. The molecular weight excluding hydrogens is 228 g/mol. The summed E-state index contributed by atoms with van der Waals surface area (Å²) in [4.78, 5) is 11.9. The van der Waals surface area contributed by atoms with Crippen LogP contribution in [0.2, 0.25) is 0 Å². The second-order valence-corrected chi connectivity index (χ2v) is 4.90. The molecule has 1 fully saturated rings. The first kappa shape index (κ1) is 12.9. The van der Waals surface area contributed by atoms with E-state index in [-0.39, 0.29) is 11.9 Å². The van der Waals surface area contributed by atoms with E-state index in [0.717, 1.165) is 11.3 Å². The molecule has 0 bridgehead atoms. The third-order valence-corrected chi connectivity index (χ3v) is 3.40. The van der Waals surface area contributed by atoms with E-state index in [4.69, 9.17) is 10.5 Å². The van der Waals surface area contributed by atoms with Gasteiger partial charge >= 0.3 is 0 Å². The van der Waals surface area contributed by atoms with Crippen molar-refractivity contribution < 1.29 is 9.53 Å². The second kappa shape index (κ2) is 5.40. The summed E-state index contributed by atoms with van der Waals surface area (Å²) in [5, 5.41) is 2.87. The fourth-order valence-electron chi connectivity index (χ4n) is 1.96. The van der Waals surface area contributed by atoms with Crippen LogP contribution in [0.3, 0.4) is 0 Å². The zero-order valence-electron chi connectivity index (χ0n) is 10.9. The van der Waals surface area contributed by atoms with Crippen molar-refractivity contribution in [3.63, 3.8) is 0 Å². The molecule has 1 aliphatic rings. The Balaban J connectivity index is 1.95. The lowest BCUT2D eigenvalue weighted by atomic mass is 10.1. The van der Waals surface area contributed by atoms with E-state index in [2.05, 4.69) is 5.32 Å². The first-order valence-corrected chi connectivity index (χ1v) is 6.30. The molecule has 0 saturated heterocycles. The highest BCUT2D eigenvalue weighted by atomic mass is 16.5. The van der Waals surface area contributed by atoms with Crippen molar-refractivity contribution in [1.82, 2.24) is 5.32 Å². The van der Waals surface area contributed by atoms with Crippen LogP contribution in [0.4, 0.5) is 0 Å². The van der Waals surface area contributed by atoms with Gasteiger partial charge in [0, 0.05) is 18.2 Å². The number of aryl methyl sites for hydroxylation is 1. The predicted octanol–water partition coefficient (Wildman–Crippen LogP) is 1.47. The van der Waals surface area contributed by atoms with Crippen molar-refractivity contribution in [3.05, 3.63) is 29.3 Å². The first-order valence-electron chi connectivity index (χ1n) is 6.30. The molecule has 2 rings (SSSR count). The monoisotopic (exact) mass is 248 g/mol. The predicted molar refractivity (Wildman–Crippen MR) is 70.8 cm³/mol. The number of nitrogens with one attached hydrogen (secondary N) is 1. The molecule has 1 atom stereocenters. The molecule has 4 nitrogen and oxygen atoms in total. The molecule has 1 saturated carbocycles. The molecule has 0 radical (unpaired) electrons. The maximum atomic E-state index is 11.9. The van der Waals surface area contributed by atoms with E-state index in [1.807, 2.05) is 13.0 Å². The molecule has 1 aromatic rings. The van der Waals surface area contributed by atoms with Crippen molar-refractivity contribution >= 4 is 5.91 Å². The van der Waals surface area contributed by atoms with Crippen molar-refractivity contribution in [2.45, 2.75) is 25.8 Å². The van der Waals surface area contributed by atoms with E-state index >= 15 is 0 Å². The van der Waals surface area contributed by atoms with Gasteiger partial charge in [-0.2, -0.15) is 0 Å². The first-order chi connectivity index (χ1) is 8.61. The Morgan fingerprint density at radius 2 is 2.28 bits per heavy atom. The minimum Gasteiger partial charge on any atom is -0.496 e. The Kier molecular flexibility index (Phi) is 3.87. The number of nitrogens with two attached hydrogens (primary N) is 1. The third-order valence-electron chi connectivity index (χ3n) is 3.40. The van der Waals surface area contributed by atoms with Crippen LogP contribution in [-0.4, -0.2) is 25.6 Å². The summed E-state index contributed by atoms with van der Waals surface area (Å²) in [6.07, 6.45) is 2.38. The van der Waals surface area contributed by atoms with Gasteiger partial charge in [-0.1, -0.05) is 6.07 Å². The zero-order valence-corrected chi connectivity index (χ0v) is 10.9. The number of ether oxygens (including phenoxy) is 1. The largest absolute Gasteiger partial charge is 0.496 e. The number of hydrogen-bond donors (Lipinski definition) is 2. The molecule has 0 heterocycles. The van der Waals surface area contributed by atoms with Gasteiger partial charge in [-0.05, 0) is 43.4 Å². The van der Waals surface area contributed by atoms with Crippen LogP contribution >= 0.6 is 0 Å². The van der Waals surface area contributed by atoms with Gasteiger partial charge in [-0.25, -0.2) is 0 Å². The topological polar surface area (TPSA) is 64.3 Å². The molecule has 4 heteroatoms. The number of benzene rings is 1. The minimum atomic E-state index is -0.0931. The third kappa shape index (κ3) is 3.01. The van der Waals surface area contributed by atoms with E-state index in [0.29, 0.717) is 18.0 Å². The van der Waals surface area contributed by atoms with Crippen molar-refractivity contribution in [2.24, 2.45) is 11.7 Å². The molecule has 3 N–H and O–H groups in total. The van der Waals surface area contributed by atoms with E-state index in [1.165, 1.54) is 12.8 Å². The van der Waals surface area contributed by atoms with Crippen LogP contribution in [0.25, 0.3) is 0 Å². The molecule has 0 aromatic heterocycles. The SMILES string of the molecule is COc1cc(C(=O)NCC(N)C2CC2)ccc1C. The number of rotatable bonds is 5. The normalized spacial score (nSPS) is 16.2. The highest BCUT2D eigenvalue weighted by Crippen LogP contribution is 2.31. The van der Waals surface area contributed by atoms with Crippen molar-refractivity contribution in [2.75, 3.05) is 13.7 Å². The van der Waals surface area contributed by atoms with Crippen LogP contribution in [-0.2, 0) is 0 Å². The number of amides is 1. The average molecular weight is 248 g/mol. The Morgan fingerprint density at radius 1 is 1.56 bits per heavy atom. The smallest absolute Gasteiger partial charge is 0.251 e. The van der Waals surface area contributed by atoms with Crippen LogP contribution in [0, 0.1) is 12.8 Å². The summed E-state index contributed by atoms with van der Waals surface area (Å²) < 4.78 is 5.20. The summed E-state index contributed by atoms with van der Waals surface area (Å²) in [5.41, 5.74) is 7.57. The lowest BCUT2D eigenvalue weighted by Gasteiger charge is -2.12. The number of hydrogen-bond acceptors (Lipinski definition) is 3. The average Bonchev–Trinajstić information content (AvgIpc) is 3.20. The molecule has 1 amide bonds. The lowest BCUT2D eigenvalue weighted by molar-refractivity contribution is 0.0950. The van der Waals surface area contributed by atoms with E-state index < -0.39 is 0 Å². The maximum absolute atomic E-state index is 11.9. The van der Waals surface area contributed by atoms with Gasteiger partial charge in [0.1, 0.15) is 5.75 Å². The highest BCUT2D eigenvalue weighted by Gasteiger charge is 2.28. The molecule has 0 spiro atoms. The molecule has 1 aliphatic carbocycles. The van der Waals surface area contributed by atoms with Crippen LogP contribution < -0.4 is 15.8 Å². The number of carbonyl (C=O) groups is 1. The number of methoxy groups -OCH3 is 1. The van der Waals surface area contributed by atoms with Gasteiger partial charge in [0.15, 0.2) is 0 Å². The maximum Gasteiger partial charge on any atom is 0.251 e. The molecular formula is C14H20N2O2. The van der Waals surface area contributed by atoms with Crippen LogP contribution in [0.1, 0.15) is 28.8 Å². The van der Waals surface area contributed by atoms with E-state index in [9.17, 15) is 4.79 Å². The quantitative estimate of drug-likeness (QED) is 0.829. The standard InChI is InChI=1S/C14H20N2O2/c1-9-3-4-11(7-13(9)18-2)14(17)16-8-12(15)10-5-6-10/h3-4,7,10,12H,5-6,8,15H2,1-2H3,(H,16,17). The highest BCUT2D eigenvalue weighted by molar-refractivity contribution is 5.94. The van der Waals surface area contributed by atoms with Gasteiger partial charge in [0.05, 0.1) is 7.11 Å². The fourth-order valence-corrected chi connectivity index (χ4v) is 1.96. The summed E-state index contributed by atoms with van der Waals surface area (Å²) >= 11 is 0.